The number of piperazine rings is 1. The Morgan fingerprint density at radius 3 is 2.91 bits per heavy atom. The summed E-state index contributed by atoms with van der Waals surface area (Å²) in [5.41, 5.74) is 1.02. The average Bonchev–Trinajstić information content (AvgIpc) is 2.98. The van der Waals surface area contributed by atoms with Gasteiger partial charge in [-0.15, -0.1) is 0 Å². The molecule has 0 saturated carbocycles. The molecule has 1 fully saturated rings. The number of fused-ring (bicyclic) bond motifs is 1. The third-order valence-corrected chi connectivity index (χ3v) is 5.33. The molecule has 0 radical (unpaired) electrons. The predicted molar refractivity (Wildman–Crippen MR) is 96.4 cm³/mol. The molecular weight excluding hydrogens is 380 g/mol. The molecule has 1 aliphatic heterocycles. The Bertz CT molecular complexity index is 685. The van der Waals surface area contributed by atoms with Crippen molar-refractivity contribution in [3.8, 4) is 0 Å². The van der Waals surface area contributed by atoms with Gasteiger partial charge in [0.2, 0.25) is 0 Å². The Hall–Kier alpha value is -1.38. The SMILES string of the molecule is COCCNC(=O)N1CCN(c2nc3ccc(Br)cc3s2)CC1. The summed E-state index contributed by atoms with van der Waals surface area (Å²) in [6.07, 6.45) is 0. The minimum absolute atomic E-state index is 0.0186. The number of thiazole rings is 1. The number of nitrogens with zero attached hydrogens (tertiary/aromatic N) is 3. The monoisotopic (exact) mass is 398 g/mol. The van der Waals surface area contributed by atoms with Crippen LogP contribution in [0.5, 0.6) is 0 Å². The number of nitrogens with one attached hydrogen (secondary N) is 1. The van der Waals surface area contributed by atoms with Gasteiger partial charge in [0.1, 0.15) is 0 Å². The molecule has 1 aliphatic rings. The summed E-state index contributed by atoms with van der Waals surface area (Å²) in [5, 5.41) is 3.89. The highest BCUT2D eigenvalue weighted by Gasteiger charge is 2.22. The smallest absolute Gasteiger partial charge is 0.317 e. The van der Waals surface area contributed by atoms with Gasteiger partial charge in [-0.25, -0.2) is 9.78 Å². The van der Waals surface area contributed by atoms with Crippen molar-refractivity contribution in [3.63, 3.8) is 0 Å². The van der Waals surface area contributed by atoms with Crippen LogP contribution < -0.4 is 10.2 Å². The standard InChI is InChI=1S/C15H19BrN4O2S/c1-22-9-4-17-14(21)19-5-7-20(8-6-19)15-18-12-3-2-11(16)10-13(12)23-15/h2-3,10H,4-9H2,1H3,(H,17,21). The summed E-state index contributed by atoms with van der Waals surface area (Å²) >= 11 is 5.19. The normalized spacial score (nSPS) is 15.2. The van der Waals surface area contributed by atoms with Gasteiger partial charge in [-0.3, -0.25) is 0 Å². The molecule has 0 bridgehead atoms. The molecule has 1 N–H and O–H groups in total. The maximum atomic E-state index is 12.0. The number of rotatable bonds is 4. The van der Waals surface area contributed by atoms with E-state index in [0.717, 1.165) is 28.2 Å². The Morgan fingerprint density at radius 2 is 2.17 bits per heavy atom. The van der Waals surface area contributed by atoms with Crippen LogP contribution in [0.2, 0.25) is 0 Å². The van der Waals surface area contributed by atoms with Crippen molar-refractivity contribution in [2.45, 2.75) is 0 Å². The van der Waals surface area contributed by atoms with Gasteiger partial charge in [0.25, 0.3) is 0 Å². The second-order valence-electron chi connectivity index (χ2n) is 5.31. The highest BCUT2D eigenvalue weighted by atomic mass is 79.9. The van der Waals surface area contributed by atoms with Gasteiger partial charge in [0, 0.05) is 44.3 Å². The zero-order valence-electron chi connectivity index (χ0n) is 12.9. The van der Waals surface area contributed by atoms with Gasteiger partial charge >= 0.3 is 6.03 Å². The Labute approximate surface area is 147 Å². The molecule has 23 heavy (non-hydrogen) atoms. The van der Waals surface area contributed by atoms with E-state index >= 15 is 0 Å². The lowest BCUT2D eigenvalue weighted by molar-refractivity contribution is 0.177. The van der Waals surface area contributed by atoms with Crippen LogP contribution in [0.1, 0.15) is 0 Å². The average molecular weight is 399 g/mol. The van der Waals surface area contributed by atoms with E-state index in [9.17, 15) is 4.79 Å². The van der Waals surface area contributed by atoms with Gasteiger partial charge in [0.05, 0.1) is 16.8 Å². The molecule has 0 aliphatic carbocycles. The quantitative estimate of drug-likeness (QED) is 0.803. The molecule has 2 aromatic rings. The second kappa shape index (κ2) is 7.46. The summed E-state index contributed by atoms with van der Waals surface area (Å²) in [6, 6.07) is 6.11. The third kappa shape index (κ3) is 3.94. The number of halogens is 1. The van der Waals surface area contributed by atoms with E-state index in [2.05, 4.69) is 32.2 Å². The molecule has 0 unspecified atom stereocenters. The van der Waals surface area contributed by atoms with Crippen LogP contribution in [0.25, 0.3) is 10.2 Å². The molecule has 3 rings (SSSR count). The first-order valence-electron chi connectivity index (χ1n) is 7.50. The highest BCUT2D eigenvalue weighted by molar-refractivity contribution is 9.10. The van der Waals surface area contributed by atoms with Crippen LogP contribution >= 0.6 is 27.3 Å². The molecular formula is C15H19BrN4O2S. The molecule has 0 spiro atoms. The maximum Gasteiger partial charge on any atom is 0.317 e. The van der Waals surface area contributed by atoms with Crippen molar-refractivity contribution < 1.29 is 9.53 Å². The van der Waals surface area contributed by atoms with E-state index in [1.54, 1.807) is 18.4 Å². The molecule has 2 amide bonds. The molecule has 0 atom stereocenters. The minimum Gasteiger partial charge on any atom is -0.383 e. The number of carbonyl (C=O) groups is 1. The Kier molecular flexibility index (Phi) is 5.34. The van der Waals surface area contributed by atoms with Gasteiger partial charge < -0.3 is 19.9 Å². The molecule has 124 valence electrons. The van der Waals surface area contributed by atoms with E-state index < -0.39 is 0 Å². The molecule has 2 heterocycles. The number of urea groups is 1. The van der Waals surface area contributed by atoms with Gasteiger partial charge in [-0.05, 0) is 18.2 Å². The first kappa shape index (κ1) is 16.5. The van der Waals surface area contributed by atoms with E-state index in [0.29, 0.717) is 26.2 Å². The minimum atomic E-state index is -0.0186. The van der Waals surface area contributed by atoms with Crippen molar-refractivity contribution in [2.75, 3.05) is 51.3 Å². The number of anilines is 1. The van der Waals surface area contributed by atoms with E-state index in [4.69, 9.17) is 9.72 Å². The number of hydrogen-bond acceptors (Lipinski definition) is 5. The van der Waals surface area contributed by atoms with E-state index in [-0.39, 0.29) is 6.03 Å². The first-order valence-corrected chi connectivity index (χ1v) is 9.11. The molecule has 1 aromatic carbocycles. The highest BCUT2D eigenvalue weighted by Crippen LogP contribution is 2.31. The summed E-state index contributed by atoms with van der Waals surface area (Å²) < 4.78 is 7.18. The number of hydrogen-bond donors (Lipinski definition) is 1. The number of aromatic nitrogens is 1. The number of carbonyl (C=O) groups excluding carboxylic acids is 1. The third-order valence-electron chi connectivity index (χ3n) is 3.76. The molecule has 6 nitrogen and oxygen atoms in total. The van der Waals surface area contributed by atoms with Crippen LogP contribution in [0.4, 0.5) is 9.93 Å². The largest absolute Gasteiger partial charge is 0.383 e. The van der Waals surface area contributed by atoms with Gasteiger partial charge in [-0.1, -0.05) is 27.3 Å². The zero-order chi connectivity index (χ0) is 16.2. The number of methoxy groups -OCH3 is 1. The zero-order valence-corrected chi connectivity index (χ0v) is 15.3. The van der Waals surface area contributed by atoms with Gasteiger partial charge in [-0.2, -0.15) is 0 Å². The van der Waals surface area contributed by atoms with Crippen molar-refractivity contribution in [1.29, 1.82) is 0 Å². The summed E-state index contributed by atoms with van der Waals surface area (Å²) in [4.78, 5) is 20.8. The van der Waals surface area contributed by atoms with Crippen LogP contribution in [-0.2, 0) is 4.74 Å². The number of benzene rings is 1. The lowest BCUT2D eigenvalue weighted by atomic mass is 10.3. The second-order valence-corrected chi connectivity index (χ2v) is 7.23. The Morgan fingerprint density at radius 1 is 1.39 bits per heavy atom. The summed E-state index contributed by atoms with van der Waals surface area (Å²) in [7, 11) is 1.63. The fourth-order valence-corrected chi connectivity index (χ4v) is 4.06. The first-order chi connectivity index (χ1) is 11.2. The lowest BCUT2D eigenvalue weighted by Gasteiger charge is -2.34. The van der Waals surface area contributed by atoms with Crippen molar-refractivity contribution in [3.05, 3.63) is 22.7 Å². The fourth-order valence-electron chi connectivity index (χ4n) is 2.49. The molecule has 8 heteroatoms. The fraction of sp³-hybridized carbons (Fsp3) is 0.467. The van der Waals surface area contributed by atoms with Crippen LogP contribution in [0, 0.1) is 0 Å². The van der Waals surface area contributed by atoms with Gasteiger partial charge in [0.15, 0.2) is 5.13 Å². The predicted octanol–water partition coefficient (Wildman–Crippen LogP) is 2.54. The van der Waals surface area contributed by atoms with Crippen LogP contribution in [0.15, 0.2) is 22.7 Å². The Balaban J connectivity index is 1.58. The van der Waals surface area contributed by atoms with E-state index in [1.165, 1.54) is 4.70 Å². The lowest BCUT2D eigenvalue weighted by Crippen LogP contribution is -2.52. The van der Waals surface area contributed by atoms with E-state index in [1.807, 2.05) is 17.0 Å². The van der Waals surface area contributed by atoms with Crippen molar-refractivity contribution >= 4 is 48.6 Å². The summed E-state index contributed by atoms with van der Waals surface area (Å²) in [5.74, 6) is 0. The maximum absolute atomic E-state index is 12.0. The van der Waals surface area contributed by atoms with Crippen LogP contribution in [-0.4, -0.2) is 62.4 Å². The number of ether oxygens (including phenoxy) is 1. The molecule has 1 aromatic heterocycles. The van der Waals surface area contributed by atoms with Crippen molar-refractivity contribution in [2.24, 2.45) is 0 Å². The number of amides is 2. The topological polar surface area (TPSA) is 57.7 Å². The molecule has 1 saturated heterocycles. The van der Waals surface area contributed by atoms with Crippen LogP contribution in [0.3, 0.4) is 0 Å². The van der Waals surface area contributed by atoms with Crippen molar-refractivity contribution in [1.82, 2.24) is 15.2 Å². The summed E-state index contributed by atoms with van der Waals surface area (Å²) in [6.45, 7) is 4.10.